The molecule has 3 rings (SSSR count). The number of carbonyl (C=O) groups is 1. The van der Waals surface area contributed by atoms with E-state index in [2.05, 4.69) is 10.4 Å². The Morgan fingerprint density at radius 3 is 2.61 bits per heavy atom. The van der Waals surface area contributed by atoms with Crippen molar-refractivity contribution in [2.24, 2.45) is 0 Å². The molecule has 0 fully saturated rings. The molecule has 0 bridgehead atoms. The van der Waals surface area contributed by atoms with Crippen LogP contribution in [0.3, 0.4) is 0 Å². The van der Waals surface area contributed by atoms with Crippen LogP contribution in [0.1, 0.15) is 34.5 Å². The van der Waals surface area contributed by atoms with Gasteiger partial charge in [0.25, 0.3) is 0 Å². The average molecular weight is 377 g/mol. The summed E-state index contributed by atoms with van der Waals surface area (Å²) < 4.78 is 7.23. The molecule has 0 saturated heterocycles. The topological polar surface area (TPSA) is 56.2 Å². The molecular weight excluding hydrogens is 350 g/mol. The zero-order chi connectivity index (χ0) is 20.3. The quantitative estimate of drug-likeness (QED) is 0.678. The number of carbonyl (C=O) groups excluding carboxylic acids is 1. The van der Waals surface area contributed by atoms with Crippen molar-refractivity contribution < 1.29 is 9.53 Å². The van der Waals surface area contributed by atoms with Crippen LogP contribution in [0.2, 0.25) is 0 Å². The van der Waals surface area contributed by atoms with Crippen molar-refractivity contribution in [2.45, 2.75) is 40.5 Å². The maximum Gasteiger partial charge on any atom is 0.224 e. The van der Waals surface area contributed by atoms with E-state index in [1.165, 1.54) is 5.56 Å². The Morgan fingerprint density at radius 2 is 1.86 bits per heavy atom. The number of benzene rings is 2. The van der Waals surface area contributed by atoms with Gasteiger partial charge in [0, 0.05) is 23.9 Å². The molecular formula is C23H27N3O2. The second kappa shape index (κ2) is 8.30. The summed E-state index contributed by atoms with van der Waals surface area (Å²) in [7, 11) is 1.65. The maximum absolute atomic E-state index is 12.5. The first-order valence-electron chi connectivity index (χ1n) is 9.46. The van der Waals surface area contributed by atoms with E-state index in [0.29, 0.717) is 12.8 Å². The normalized spacial score (nSPS) is 10.8. The van der Waals surface area contributed by atoms with Gasteiger partial charge in [0.05, 0.1) is 18.5 Å². The summed E-state index contributed by atoms with van der Waals surface area (Å²) in [5.74, 6) is 0.807. The lowest BCUT2D eigenvalue weighted by Crippen LogP contribution is -2.14. The Bertz CT molecular complexity index is 1010. The van der Waals surface area contributed by atoms with Gasteiger partial charge >= 0.3 is 0 Å². The van der Waals surface area contributed by atoms with Gasteiger partial charge in [-0.2, -0.15) is 5.10 Å². The number of anilines is 1. The largest absolute Gasteiger partial charge is 0.497 e. The number of hydrogen-bond donors (Lipinski definition) is 1. The smallest absolute Gasteiger partial charge is 0.224 e. The Kier molecular flexibility index (Phi) is 5.83. The second-order valence-corrected chi connectivity index (χ2v) is 7.06. The van der Waals surface area contributed by atoms with Crippen LogP contribution >= 0.6 is 0 Å². The van der Waals surface area contributed by atoms with E-state index in [-0.39, 0.29) is 5.91 Å². The van der Waals surface area contributed by atoms with E-state index in [9.17, 15) is 4.79 Å². The van der Waals surface area contributed by atoms with Crippen LogP contribution in [0.15, 0.2) is 42.5 Å². The van der Waals surface area contributed by atoms with Gasteiger partial charge in [-0.15, -0.1) is 0 Å². The number of aromatic nitrogens is 2. The molecule has 28 heavy (non-hydrogen) atoms. The molecule has 5 heteroatoms. The van der Waals surface area contributed by atoms with Crippen molar-refractivity contribution in [1.82, 2.24) is 9.78 Å². The highest BCUT2D eigenvalue weighted by atomic mass is 16.5. The summed E-state index contributed by atoms with van der Waals surface area (Å²) in [5.41, 5.74) is 7.21. The predicted octanol–water partition coefficient (Wildman–Crippen LogP) is 4.69. The van der Waals surface area contributed by atoms with Gasteiger partial charge in [0.1, 0.15) is 5.75 Å². The third-order valence-electron chi connectivity index (χ3n) is 5.22. The first-order chi connectivity index (χ1) is 13.4. The zero-order valence-corrected chi connectivity index (χ0v) is 17.2. The van der Waals surface area contributed by atoms with E-state index in [0.717, 1.165) is 39.6 Å². The van der Waals surface area contributed by atoms with Crippen LogP contribution in [0.5, 0.6) is 5.75 Å². The van der Waals surface area contributed by atoms with Crippen molar-refractivity contribution >= 4 is 11.6 Å². The average Bonchev–Trinajstić information content (AvgIpc) is 2.97. The Labute approximate surface area is 166 Å². The second-order valence-electron chi connectivity index (χ2n) is 7.06. The highest BCUT2D eigenvalue weighted by molar-refractivity contribution is 5.91. The minimum absolute atomic E-state index is 0.0154. The number of methoxy groups -OCH3 is 1. The lowest BCUT2D eigenvalue weighted by Gasteiger charge is -2.10. The van der Waals surface area contributed by atoms with Gasteiger partial charge < -0.3 is 10.1 Å². The van der Waals surface area contributed by atoms with Gasteiger partial charge in [-0.25, -0.2) is 4.68 Å². The molecule has 0 aliphatic rings. The van der Waals surface area contributed by atoms with Crippen LogP contribution in [0.4, 0.5) is 5.69 Å². The monoisotopic (exact) mass is 377 g/mol. The maximum atomic E-state index is 12.5. The van der Waals surface area contributed by atoms with Gasteiger partial charge in [-0.1, -0.05) is 18.2 Å². The van der Waals surface area contributed by atoms with Crippen LogP contribution in [-0.2, 0) is 11.2 Å². The minimum Gasteiger partial charge on any atom is -0.497 e. The fraction of sp³-hybridized carbons (Fsp3) is 0.304. The third-order valence-corrected chi connectivity index (χ3v) is 5.22. The molecule has 1 heterocycles. The van der Waals surface area contributed by atoms with Gasteiger partial charge in [0.15, 0.2) is 0 Å². The molecule has 0 radical (unpaired) electrons. The van der Waals surface area contributed by atoms with Gasteiger partial charge in [0.2, 0.25) is 5.91 Å². The highest BCUT2D eigenvalue weighted by Crippen LogP contribution is 2.23. The number of ether oxygens (including phenoxy) is 1. The molecule has 5 nitrogen and oxygen atoms in total. The summed E-state index contributed by atoms with van der Waals surface area (Å²) in [6, 6.07) is 13.8. The number of hydrogen-bond acceptors (Lipinski definition) is 3. The van der Waals surface area contributed by atoms with Crippen LogP contribution < -0.4 is 10.1 Å². The molecule has 1 N–H and O–H groups in total. The van der Waals surface area contributed by atoms with Crippen molar-refractivity contribution in [3.8, 4) is 11.4 Å². The van der Waals surface area contributed by atoms with Gasteiger partial charge in [-0.3, -0.25) is 4.79 Å². The summed E-state index contributed by atoms with van der Waals surface area (Å²) in [4.78, 5) is 12.5. The van der Waals surface area contributed by atoms with E-state index < -0.39 is 0 Å². The molecule has 0 unspecified atom stereocenters. The van der Waals surface area contributed by atoms with Gasteiger partial charge in [-0.05, 0) is 69.0 Å². The lowest BCUT2D eigenvalue weighted by atomic mass is 10.1. The SMILES string of the molecule is COc1cccc(-n2nc(C)c(CCC(=O)Nc3cccc(C)c3C)c2C)c1. The molecule has 146 valence electrons. The molecule has 3 aromatic rings. The predicted molar refractivity (Wildman–Crippen MR) is 112 cm³/mol. The number of aryl methyl sites for hydroxylation is 2. The first-order valence-corrected chi connectivity index (χ1v) is 9.46. The third kappa shape index (κ3) is 4.09. The fourth-order valence-electron chi connectivity index (χ4n) is 3.37. The van der Waals surface area contributed by atoms with E-state index in [4.69, 9.17) is 4.74 Å². The zero-order valence-electron chi connectivity index (χ0n) is 17.2. The van der Waals surface area contributed by atoms with Crippen molar-refractivity contribution in [3.63, 3.8) is 0 Å². The lowest BCUT2D eigenvalue weighted by molar-refractivity contribution is -0.116. The molecule has 0 atom stereocenters. The number of nitrogens with zero attached hydrogens (tertiary/aromatic N) is 2. The van der Waals surface area contributed by atoms with Crippen LogP contribution in [0, 0.1) is 27.7 Å². The Hall–Kier alpha value is -3.08. The van der Waals surface area contributed by atoms with Crippen molar-refractivity contribution in [3.05, 3.63) is 70.5 Å². The number of amides is 1. The molecule has 2 aromatic carbocycles. The summed E-state index contributed by atoms with van der Waals surface area (Å²) in [6.07, 6.45) is 1.07. The molecule has 0 aliphatic carbocycles. The molecule has 0 saturated carbocycles. The van der Waals surface area contributed by atoms with Crippen LogP contribution in [-0.4, -0.2) is 22.8 Å². The van der Waals surface area contributed by atoms with E-state index >= 15 is 0 Å². The minimum atomic E-state index is 0.0154. The molecule has 1 amide bonds. The van der Waals surface area contributed by atoms with E-state index in [1.54, 1.807) is 7.11 Å². The fourth-order valence-corrected chi connectivity index (χ4v) is 3.37. The Balaban J connectivity index is 1.73. The number of rotatable bonds is 6. The number of nitrogens with one attached hydrogen (secondary N) is 1. The van der Waals surface area contributed by atoms with Crippen molar-refractivity contribution in [2.75, 3.05) is 12.4 Å². The molecule has 1 aromatic heterocycles. The van der Waals surface area contributed by atoms with E-state index in [1.807, 2.05) is 74.8 Å². The van der Waals surface area contributed by atoms with Crippen molar-refractivity contribution in [1.29, 1.82) is 0 Å². The summed E-state index contributed by atoms with van der Waals surface area (Å²) in [6.45, 7) is 8.10. The molecule has 0 aliphatic heterocycles. The standard InChI is InChI=1S/C23H27N3O2/c1-15-8-6-11-22(16(15)2)24-23(27)13-12-21-17(3)25-26(18(21)4)19-9-7-10-20(14-19)28-5/h6-11,14H,12-13H2,1-5H3,(H,24,27). The molecule has 0 spiro atoms. The summed E-state index contributed by atoms with van der Waals surface area (Å²) in [5, 5.41) is 7.70. The Morgan fingerprint density at radius 1 is 1.11 bits per heavy atom. The summed E-state index contributed by atoms with van der Waals surface area (Å²) >= 11 is 0. The van der Waals surface area contributed by atoms with Crippen LogP contribution in [0.25, 0.3) is 5.69 Å². The first kappa shape index (κ1) is 19.7. The highest BCUT2D eigenvalue weighted by Gasteiger charge is 2.15.